The quantitative estimate of drug-likeness (QED) is 0.366. The van der Waals surface area contributed by atoms with Gasteiger partial charge in [-0.3, -0.25) is 14.9 Å². The van der Waals surface area contributed by atoms with Crippen LogP contribution in [0, 0.1) is 10.1 Å². The minimum atomic E-state index is -0.515. The molecule has 1 aromatic rings. The lowest BCUT2D eigenvalue weighted by Gasteiger charge is -2.08. The third-order valence-corrected chi connectivity index (χ3v) is 2.51. The summed E-state index contributed by atoms with van der Waals surface area (Å²) in [6, 6.07) is 5.70. The Hall–Kier alpha value is -2.19. The molecule has 0 unspecified atom stereocenters. The fourth-order valence-corrected chi connectivity index (χ4v) is 1.48. The van der Waals surface area contributed by atoms with E-state index in [1.807, 2.05) is 0 Å². The van der Waals surface area contributed by atoms with Crippen LogP contribution < -0.4 is 15.4 Å². The van der Waals surface area contributed by atoms with E-state index in [1.165, 1.54) is 18.2 Å². The lowest BCUT2D eigenvalue weighted by Crippen LogP contribution is -2.35. The van der Waals surface area contributed by atoms with Gasteiger partial charge in [-0.05, 0) is 6.07 Å². The summed E-state index contributed by atoms with van der Waals surface area (Å²) in [5.74, 6) is 0.00705. The standard InChI is InChI=1S/C13H19N3O5/c1-20-8-7-14-5-6-15-13(17)10-21-12-4-2-3-11(9-12)16(18)19/h2-4,9,14H,5-8,10H2,1H3,(H,15,17). The highest BCUT2D eigenvalue weighted by molar-refractivity contribution is 5.77. The van der Waals surface area contributed by atoms with Crippen molar-refractivity contribution >= 4 is 11.6 Å². The number of hydrogen-bond acceptors (Lipinski definition) is 6. The highest BCUT2D eigenvalue weighted by atomic mass is 16.6. The molecule has 0 aliphatic heterocycles. The van der Waals surface area contributed by atoms with Crippen molar-refractivity contribution in [1.82, 2.24) is 10.6 Å². The molecule has 1 rings (SSSR count). The molecule has 0 heterocycles. The van der Waals surface area contributed by atoms with Gasteiger partial charge in [-0.1, -0.05) is 6.07 Å². The summed E-state index contributed by atoms with van der Waals surface area (Å²) in [6.45, 7) is 2.26. The van der Waals surface area contributed by atoms with Crippen molar-refractivity contribution < 1.29 is 19.2 Å². The maximum absolute atomic E-state index is 11.5. The number of nitrogens with one attached hydrogen (secondary N) is 2. The lowest BCUT2D eigenvalue weighted by atomic mass is 10.3. The van der Waals surface area contributed by atoms with Gasteiger partial charge in [0, 0.05) is 32.8 Å². The number of non-ortho nitro benzene ring substituents is 1. The Labute approximate surface area is 122 Å². The van der Waals surface area contributed by atoms with Crippen molar-refractivity contribution in [2.75, 3.05) is 40.0 Å². The fourth-order valence-electron chi connectivity index (χ4n) is 1.48. The topological polar surface area (TPSA) is 103 Å². The minimum Gasteiger partial charge on any atom is -0.484 e. The summed E-state index contributed by atoms with van der Waals surface area (Å²) in [7, 11) is 1.62. The van der Waals surface area contributed by atoms with Gasteiger partial charge in [0.2, 0.25) is 0 Å². The molecule has 1 amide bonds. The molecule has 8 heteroatoms. The van der Waals surface area contributed by atoms with E-state index in [0.717, 1.165) is 6.54 Å². The number of rotatable bonds is 10. The molecule has 0 atom stereocenters. The summed E-state index contributed by atoms with van der Waals surface area (Å²) in [5, 5.41) is 16.3. The Morgan fingerprint density at radius 3 is 2.86 bits per heavy atom. The van der Waals surface area contributed by atoms with Crippen LogP contribution in [0.3, 0.4) is 0 Å². The molecule has 0 radical (unpaired) electrons. The molecule has 1 aromatic carbocycles. The zero-order chi connectivity index (χ0) is 15.5. The smallest absolute Gasteiger partial charge is 0.273 e. The predicted molar refractivity (Wildman–Crippen MR) is 76.3 cm³/mol. The minimum absolute atomic E-state index is 0.0738. The van der Waals surface area contributed by atoms with Crippen LogP contribution in [0.4, 0.5) is 5.69 Å². The maximum Gasteiger partial charge on any atom is 0.273 e. The van der Waals surface area contributed by atoms with Crippen LogP contribution in [0.15, 0.2) is 24.3 Å². The second-order valence-corrected chi connectivity index (χ2v) is 4.14. The first-order valence-electron chi connectivity index (χ1n) is 6.47. The monoisotopic (exact) mass is 297 g/mol. The van der Waals surface area contributed by atoms with Crippen LogP contribution >= 0.6 is 0 Å². The number of ether oxygens (including phenoxy) is 2. The van der Waals surface area contributed by atoms with Gasteiger partial charge in [0.1, 0.15) is 5.75 Å². The van der Waals surface area contributed by atoms with E-state index in [1.54, 1.807) is 13.2 Å². The number of methoxy groups -OCH3 is 1. The van der Waals surface area contributed by atoms with E-state index in [4.69, 9.17) is 9.47 Å². The lowest BCUT2D eigenvalue weighted by molar-refractivity contribution is -0.384. The molecule has 0 saturated carbocycles. The molecule has 0 aliphatic carbocycles. The highest BCUT2D eigenvalue weighted by Crippen LogP contribution is 2.18. The van der Waals surface area contributed by atoms with Crippen molar-refractivity contribution in [3.8, 4) is 5.75 Å². The summed E-state index contributed by atoms with van der Waals surface area (Å²) in [4.78, 5) is 21.6. The number of benzene rings is 1. The van der Waals surface area contributed by atoms with Gasteiger partial charge < -0.3 is 20.1 Å². The molecular formula is C13H19N3O5. The number of hydrogen-bond donors (Lipinski definition) is 2. The zero-order valence-corrected chi connectivity index (χ0v) is 11.8. The van der Waals surface area contributed by atoms with Gasteiger partial charge in [-0.2, -0.15) is 0 Å². The van der Waals surface area contributed by atoms with Gasteiger partial charge in [0.25, 0.3) is 11.6 Å². The van der Waals surface area contributed by atoms with E-state index in [-0.39, 0.29) is 24.0 Å². The first-order chi connectivity index (χ1) is 10.1. The average Bonchev–Trinajstić information content (AvgIpc) is 2.49. The molecule has 116 valence electrons. The first kappa shape index (κ1) is 16.9. The van der Waals surface area contributed by atoms with Crippen LogP contribution in [0.5, 0.6) is 5.75 Å². The third kappa shape index (κ3) is 7.23. The van der Waals surface area contributed by atoms with E-state index in [2.05, 4.69) is 10.6 Å². The molecular weight excluding hydrogens is 278 g/mol. The maximum atomic E-state index is 11.5. The van der Waals surface area contributed by atoms with E-state index in [0.29, 0.717) is 19.7 Å². The van der Waals surface area contributed by atoms with Crippen molar-refractivity contribution in [3.63, 3.8) is 0 Å². The molecule has 8 nitrogen and oxygen atoms in total. The Kier molecular flexibility index (Phi) is 7.77. The summed E-state index contributed by atoms with van der Waals surface area (Å²) < 4.78 is 10.1. The van der Waals surface area contributed by atoms with Crippen LogP contribution in [-0.4, -0.2) is 50.8 Å². The number of nitro groups is 1. The van der Waals surface area contributed by atoms with Crippen molar-refractivity contribution in [2.45, 2.75) is 0 Å². The van der Waals surface area contributed by atoms with Gasteiger partial charge in [0.15, 0.2) is 6.61 Å². The number of carbonyl (C=O) groups excluding carboxylic acids is 1. The molecule has 21 heavy (non-hydrogen) atoms. The van der Waals surface area contributed by atoms with Gasteiger partial charge in [-0.15, -0.1) is 0 Å². The summed E-state index contributed by atoms with van der Waals surface area (Å²) in [6.07, 6.45) is 0. The second kappa shape index (κ2) is 9.67. The molecule has 0 spiro atoms. The van der Waals surface area contributed by atoms with Crippen molar-refractivity contribution in [2.24, 2.45) is 0 Å². The summed E-state index contributed by atoms with van der Waals surface area (Å²) >= 11 is 0. The molecule has 2 N–H and O–H groups in total. The third-order valence-electron chi connectivity index (χ3n) is 2.51. The van der Waals surface area contributed by atoms with Crippen LogP contribution in [0.25, 0.3) is 0 Å². The molecule has 0 aliphatic rings. The molecule has 0 fully saturated rings. The number of nitrogens with zero attached hydrogens (tertiary/aromatic N) is 1. The Morgan fingerprint density at radius 2 is 2.14 bits per heavy atom. The van der Waals surface area contributed by atoms with Crippen molar-refractivity contribution in [1.29, 1.82) is 0 Å². The van der Waals surface area contributed by atoms with Crippen LogP contribution in [-0.2, 0) is 9.53 Å². The number of amides is 1. The van der Waals surface area contributed by atoms with Crippen molar-refractivity contribution in [3.05, 3.63) is 34.4 Å². The van der Waals surface area contributed by atoms with Gasteiger partial charge in [0.05, 0.1) is 17.6 Å². The Bertz CT molecular complexity index is 467. The average molecular weight is 297 g/mol. The van der Waals surface area contributed by atoms with E-state index >= 15 is 0 Å². The van der Waals surface area contributed by atoms with E-state index < -0.39 is 4.92 Å². The van der Waals surface area contributed by atoms with Crippen LogP contribution in [0.2, 0.25) is 0 Å². The largest absolute Gasteiger partial charge is 0.484 e. The van der Waals surface area contributed by atoms with E-state index in [9.17, 15) is 14.9 Å². The van der Waals surface area contributed by atoms with Gasteiger partial charge in [-0.25, -0.2) is 0 Å². The SMILES string of the molecule is COCCNCCNC(=O)COc1cccc([N+](=O)[O-])c1. The highest BCUT2D eigenvalue weighted by Gasteiger charge is 2.07. The Balaban J connectivity index is 2.21. The normalized spacial score (nSPS) is 10.1. The van der Waals surface area contributed by atoms with Crippen LogP contribution in [0.1, 0.15) is 0 Å². The predicted octanol–water partition coefficient (Wildman–Crippen LogP) is 0.326. The second-order valence-electron chi connectivity index (χ2n) is 4.14. The fraction of sp³-hybridized carbons (Fsp3) is 0.462. The zero-order valence-electron chi connectivity index (χ0n) is 11.8. The molecule has 0 aromatic heterocycles. The molecule has 0 bridgehead atoms. The first-order valence-corrected chi connectivity index (χ1v) is 6.47. The number of nitro benzene ring substituents is 1. The number of carbonyl (C=O) groups is 1. The van der Waals surface area contributed by atoms with Gasteiger partial charge >= 0.3 is 0 Å². The molecule has 0 saturated heterocycles. The summed E-state index contributed by atoms with van der Waals surface area (Å²) in [5.41, 5.74) is -0.0738. The Morgan fingerprint density at radius 1 is 1.33 bits per heavy atom.